The van der Waals surface area contributed by atoms with Gasteiger partial charge in [-0.3, -0.25) is 0 Å². The van der Waals surface area contributed by atoms with Crippen LogP contribution < -0.4 is 0 Å². The minimum atomic E-state index is -4.44. The van der Waals surface area contributed by atoms with Crippen LogP contribution in [-0.4, -0.2) is 24.9 Å². The highest BCUT2D eigenvalue weighted by atomic mass is 19.4. The second-order valence-corrected chi connectivity index (χ2v) is 6.02. The molecule has 5 nitrogen and oxygen atoms in total. The van der Waals surface area contributed by atoms with Crippen LogP contribution in [0.4, 0.5) is 13.2 Å². The number of fused-ring (bicyclic) bond motifs is 1. The number of aliphatic hydroxyl groups excluding tert-OH is 1. The molecule has 0 saturated heterocycles. The molecule has 0 aliphatic carbocycles. The van der Waals surface area contributed by atoms with Crippen LogP contribution in [0.2, 0.25) is 0 Å². The van der Waals surface area contributed by atoms with Crippen LogP contribution in [0.3, 0.4) is 0 Å². The molecule has 2 heterocycles. The Morgan fingerprint density at radius 2 is 1.71 bits per heavy atom. The normalized spacial score (nSPS) is 12.5. The molecule has 2 aromatic heterocycles. The first-order valence-corrected chi connectivity index (χ1v) is 8.28. The fraction of sp³-hybridized carbons (Fsp3) is 0.0500. The average Bonchev–Trinajstić information content (AvgIpc) is 3.10. The van der Waals surface area contributed by atoms with E-state index in [9.17, 15) is 18.3 Å². The van der Waals surface area contributed by atoms with E-state index in [1.54, 1.807) is 42.5 Å². The zero-order valence-electron chi connectivity index (χ0n) is 14.3. The number of benzene rings is 2. The summed E-state index contributed by atoms with van der Waals surface area (Å²) in [6.45, 7) is 0. The molecule has 0 amide bonds. The first-order valence-electron chi connectivity index (χ1n) is 8.28. The molecule has 0 spiro atoms. The Kier molecular flexibility index (Phi) is 4.31. The van der Waals surface area contributed by atoms with Gasteiger partial charge < -0.3 is 5.11 Å². The molecular weight excluding hydrogens is 369 g/mol. The van der Waals surface area contributed by atoms with E-state index in [-0.39, 0.29) is 11.6 Å². The first-order chi connectivity index (χ1) is 13.4. The van der Waals surface area contributed by atoms with E-state index in [0.717, 1.165) is 12.1 Å². The second-order valence-electron chi connectivity index (χ2n) is 6.02. The number of hydrogen-bond acceptors (Lipinski definition) is 4. The molecule has 0 unspecified atom stereocenters. The van der Waals surface area contributed by atoms with Crippen molar-refractivity contribution in [2.75, 3.05) is 0 Å². The van der Waals surface area contributed by atoms with Crippen LogP contribution >= 0.6 is 0 Å². The fourth-order valence-corrected chi connectivity index (χ4v) is 2.72. The van der Waals surface area contributed by atoms with Crippen LogP contribution in [0.5, 0.6) is 0 Å². The highest BCUT2D eigenvalue weighted by molar-refractivity contribution is 5.74. The minimum Gasteiger partial charge on any atom is -0.507 e. The van der Waals surface area contributed by atoms with Gasteiger partial charge in [0.05, 0.1) is 11.3 Å². The van der Waals surface area contributed by atoms with Crippen molar-refractivity contribution in [3.8, 4) is 11.3 Å². The maximum atomic E-state index is 13.0. The molecule has 0 bridgehead atoms. The third kappa shape index (κ3) is 3.44. The maximum absolute atomic E-state index is 13.0. The van der Waals surface area contributed by atoms with Crippen LogP contribution in [0.25, 0.3) is 28.7 Å². The van der Waals surface area contributed by atoms with Crippen molar-refractivity contribution < 1.29 is 18.3 Å². The smallest absolute Gasteiger partial charge is 0.416 e. The van der Waals surface area contributed by atoms with Crippen molar-refractivity contribution in [2.45, 2.75) is 6.18 Å². The summed E-state index contributed by atoms with van der Waals surface area (Å²) >= 11 is 0. The fourth-order valence-electron chi connectivity index (χ4n) is 2.72. The zero-order valence-corrected chi connectivity index (χ0v) is 14.3. The van der Waals surface area contributed by atoms with Gasteiger partial charge in [-0.25, -0.2) is 0 Å². The monoisotopic (exact) mass is 382 g/mol. The van der Waals surface area contributed by atoms with E-state index >= 15 is 0 Å². The van der Waals surface area contributed by atoms with Crippen LogP contribution in [0, 0.1) is 0 Å². The van der Waals surface area contributed by atoms with Gasteiger partial charge in [0.2, 0.25) is 0 Å². The molecule has 2 aromatic carbocycles. The molecule has 0 radical (unpaired) electrons. The van der Waals surface area contributed by atoms with E-state index in [1.807, 2.05) is 6.07 Å². The van der Waals surface area contributed by atoms with Crippen LogP contribution in [0.15, 0.2) is 66.7 Å². The molecule has 8 heteroatoms. The van der Waals surface area contributed by atoms with E-state index in [0.29, 0.717) is 22.5 Å². The van der Waals surface area contributed by atoms with E-state index < -0.39 is 11.7 Å². The number of aliphatic hydroxyl groups is 1. The molecule has 0 saturated carbocycles. The summed E-state index contributed by atoms with van der Waals surface area (Å²) in [4.78, 5) is 0. The molecule has 140 valence electrons. The van der Waals surface area contributed by atoms with Gasteiger partial charge in [-0.05, 0) is 24.3 Å². The highest BCUT2D eigenvalue weighted by Crippen LogP contribution is 2.31. The van der Waals surface area contributed by atoms with Gasteiger partial charge in [0.1, 0.15) is 5.76 Å². The summed E-state index contributed by atoms with van der Waals surface area (Å²) < 4.78 is 40.3. The maximum Gasteiger partial charge on any atom is 0.416 e. The molecule has 0 aliphatic heterocycles. The van der Waals surface area contributed by atoms with Gasteiger partial charge in [-0.2, -0.15) is 22.8 Å². The lowest BCUT2D eigenvalue weighted by atomic mass is 10.1. The molecule has 28 heavy (non-hydrogen) atoms. The zero-order chi connectivity index (χ0) is 19.7. The van der Waals surface area contributed by atoms with Gasteiger partial charge in [-0.1, -0.05) is 42.5 Å². The molecule has 0 atom stereocenters. The predicted molar refractivity (Wildman–Crippen MR) is 98.2 cm³/mol. The standard InChI is InChI=1S/C20H13F3N4O/c21-20(22,23)15-8-4-7-14(11-15)16-9-10-18-24-25-19(27(18)26-16)12-17(28)13-5-2-1-3-6-13/h1-12,28H. The SMILES string of the molecule is OC(=Cc1nnc2ccc(-c3cccc(C(F)(F)F)c3)nn12)c1ccccc1. The lowest BCUT2D eigenvalue weighted by molar-refractivity contribution is -0.137. The number of hydrogen-bond donors (Lipinski definition) is 1. The van der Waals surface area contributed by atoms with E-state index in [1.165, 1.54) is 16.7 Å². The number of halogens is 3. The second kappa shape index (κ2) is 6.80. The molecule has 0 fully saturated rings. The van der Waals surface area contributed by atoms with Crippen LogP contribution in [-0.2, 0) is 6.18 Å². The van der Waals surface area contributed by atoms with Gasteiger partial charge >= 0.3 is 6.18 Å². The summed E-state index contributed by atoms with van der Waals surface area (Å²) in [6.07, 6.45) is -3.04. The third-order valence-electron chi connectivity index (χ3n) is 4.11. The van der Waals surface area contributed by atoms with Gasteiger partial charge in [0, 0.05) is 17.2 Å². The Balaban J connectivity index is 1.77. The minimum absolute atomic E-state index is 0.0267. The van der Waals surface area contributed by atoms with Crippen molar-refractivity contribution in [1.29, 1.82) is 0 Å². The molecule has 4 rings (SSSR count). The molecule has 1 N–H and O–H groups in total. The Bertz CT molecular complexity index is 1170. The Morgan fingerprint density at radius 1 is 0.929 bits per heavy atom. The Morgan fingerprint density at radius 3 is 2.46 bits per heavy atom. The summed E-state index contributed by atoms with van der Waals surface area (Å²) in [5.41, 5.74) is 0.883. The first kappa shape index (κ1) is 17.7. The lowest BCUT2D eigenvalue weighted by Gasteiger charge is -2.08. The Hall–Kier alpha value is -3.68. The Labute approximate surface area is 157 Å². The lowest BCUT2D eigenvalue weighted by Crippen LogP contribution is -2.05. The molecule has 0 aliphatic rings. The molecular formula is C20H13F3N4O. The largest absolute Gasteiger partial charge is 0.507 e. The number of nitrogens with zero attached hydrogens (tertiary/aromatic N) is 4. The molecule has 4 aromatic rings. The van der Waals surface area contributed by atoms with Crippen molar-refractivity contribution in [1.82, 2.24) is 19.8 Å². The summed E-state index contributed by atoms with van der Waals surface area (Å²) in [5.74, 6) is 0.228. The highest BCUT2D eigenvalue weighted by Gasteiger charge is 2.30. The van der Waals surface area contributed by atoms with E-state index in [4.69, 9.17) is 0 Å². The average molecular weight is 382 g/mol. The van der Waals surface area contributed by atoms with Crippen molar-refractivity contribution in [3.05, 3.63) is 83.7 Å². The van der Waals surface area contributed by atoms with Gasteiger partial charge in [-0.15, -0.1) is 10.2 Å². The summed E-state index contributed by atoms with van der Waals surface area (Å²) in [5, 5.41) is 22.6. The number of alkyl halides is 3. The topological polar surface area (TPSA) is 63.3 Å². The van der Waals surface area contributed by atoms with Crippen molar-refractivity contribution in [2.24, 2.45) is 0 Å². The summed E-state index contributed by atoms with van der Waals surface area (Å²) in [7, 11) is 0. The van der Waals surface area contributed by atoms with Crippen molar-refractivity contribution in [3.63, 3.8) is 0 Å². The quantitative estimate of drug-likeness (QED) is 0.514. The van der Waals surface area contributed by atoms with Crippen molar-refractivity contribution >= 4 is 17.5 Å². The number of aromatic nitrogens is 4. The van der Waals surface area contributed by atoms with Gasteiger partial charge in [0.15, 0.2) is 11.5 Å². The predicted octanol–water partition coefficient (Wildman–Crippen LogP) is 4.87. The van der Waals surface area contributed by atoms with Gasteiger partial charge in [0.25, 0.3) is 0 Å². The number of rotatable bonds is 3. The van der Waals surface area contributed by atoms with Crippen LogP contribution in [0.1, 0.15) is 17.0 Å². The summed E-state index contributed by atoms with van der Waals surface area (Å²) in [6, 6.07) is 17.0. The third-order valence-corrected chi connectivity index (χ3v) is 4.11. The van der Waals surface area contributed by atoms with E-state index in [2.05, 4.69) is 15.3 Å².